The van der Waals surface area contributed by atoms with Gasteiger partial charge in [0.15, 0.2) is 23.0 Å². The molecular weight excluding hydrogens is 547 g/mol. The molecule has 0 unspecified atom stereocenters. The molecule has 44 heavy (non-hydrogen) atoms. The molecule has 4 heterocycles. The number of ether oxygens (including phenoxy) is 4. The van der Waals surface area contributed by atoms with E-state index in [4.69, 9.17) is 18.9 Å². The van der Waals surface area contributed by atoms with E-state index in [1.807, 2.05) is 12.1 Å². The van der Waals surface area contributed by atoms with Gasteiger partial charge in [-0.25, -0.2) is 0 Å². The molecule has 216 valence electrons. The second-order valence-corrected chi connectivity index (χ2v) is 11.8. The summed E-state index contributed by atoms with van der Waals surface area (Å²) in [5, 5.41) is 0. The molecule has 0 N–H and O–H groups in total. The smallest absolute Gasteiger partial charge is 0.252 e. The predicted octanol–water partition coefficient (Wildman–Crippen LogP) is 6.40. The van der Waals surface area contributed by atoms with Gasteiger partial charge in [-0.3, -0.25) is 0 Å². The van der Waals surface area contributed by atoms with E-state index in [2.05, 4.69) is 102 Å². The molecule has 0 fully saturated rings. The van der Waals surface area contributed by atoms with Gasteiger partial charge in [-0.05, 0) is 77.4 Å². The fourth-order valence-corrected chi connectivity index (χ4v) is 7.17. The van der Waals surface area contributed by atoms with Gasteiger partial charge < -0.3 is 28.7 Å². The molecule has 0 bridgehead atoms. The number of nitrogens with zero attached hydrogens (tertiary/aromatic N) is 2. The van der Waals surface area contributed by atoms with Gasteiger partial charge in [-0.2, -0.15) is 0 Å². The van der Waals surface area contributed by atoms with Crippen LogP contribution in [0.5, 0.6) is 23.0 Å². The third kappa shape index (κ3) is 3.88. The molecule has 5 aromatic rings. The molecule has 0 radical (unpaired) electrons. The lowest BCUT2D eigenvalue weighted by Gasteiger charge is -2.44. The van der Waals surface area contributed by atoms with E-state index in [-0.39, 0.29) is 6.71 Å². The minimum Gasteiger partial charge on any atom is -0.490 e. The van der Waals surface area contributed by atoms with Gasteiger partial charge in [0.2, 0.25) is 0 Å². The number of anilines is 6. The lowest BCUT2D eigenvalue weighted by molar-refractivity contribution is 0.296. The summed E-state index contributed by atoms with van der Waals surface area (Å²) in [6, 6.07) is 34.9. The molecule has 5 aromatic carbocycles. The van der Waals surface area contributed by atoms with E-state index in [1.165, 1.54) is 44.7 Å². The highest BCUT2D eigenvalue weighted by Gasteiger charge is 2.43. The summed E-state index contributed by atoms with van der Waals surface area (Å²) in [6.07, 6.45) is 1.75. The van der Waals surface area contributed by atoms with Crippen molar-refractivity contribution in [2.75, 3.05) is 36.2 Å². The van der Waals surface area contributed by atoms with E-state index in [9.17, 15) is 0 Å². The van der Waals surface area contributed by atoms with E-state index < -0.39 is 0 Å². The second kappa shape index (κ2) is 10.0. The summed E-state index contributed by atoms with van der Waals surface area (Å²) < 4.78 is 24.3. The first-order chi connectivity index (χ1) is 21.7. The summed E-state index contributed by atoms with van der Waals surface area (Å²) in [4.78, 5) is 4.79. The van der Waals surface area contributed by atoms with Crippen LogP contribution in [0.4, 0.5) is 34.1 Å². The second-order valence-electron chi connectivity index (χ2n) is 11.8. The minimum atomic E-state index is 0.0846. The molecule has 4 aliphatic heterocycles. The van der Waals surface area contributed by atoms with E-state index in [1.54, 1.807) is 0 Å². The van der Waals surface area contributed by atoms with E-state index >= 15 is 0 Å². The van der Waals surface area contributed by atoms with Gasteiger partial charge in [-0.15, -0.1) is 0 Å². The van der Waals surface area contributed by atoms with Crippen LogP contribution in [0.3, 0.4) is 0 Å². The number of hydrogen-bond acceptors (Lipinski definition) is 6. The average molecular weight is 578 g/mol. The molecule has 0 atom stereocenters. The van der Waals surface area contributed by atoms with Crippen LogP contribution in [0.2, 0.25) is 0 Å². The van der Waals surface area contributed by atoms with Gasteiger partial charge in [0.05, 0.1) is 37.8 Å². The van der Waals surface area contributed by atoms with Crippen molar-refractivity contribution in [3.8, 4) is 23.0 Å². The Labute approximate surface area is 257 Å². The monoisotopic (exact) mass is 578 g/mol. The molecule has 7 heteroatoms. The highest BCUT2D eigenvalue weighted by atomic mass is 16.5. The zero-order valence-corrected chi connectivity index (χ0v) is 24.6. The fourth-order valence-electron chi connectivity index (χ4n) is 7.17. The first-order valence-corrected chi connectivity index (χ1v) is 15.5. The van der Waals surface area contributed by atoms with Crippen LogP contribution in [0.25, 0.3) is 0 Å². The van der Waals surface area contributed by atoms with Crippen LogP contribution in [-0.2, 0) is 0 Å². The van der Waals surface area contributed by atoms with Gasteiger partial charge in [0.1, 0.15) is 0 Å². The van der Waals surface area contributed by atoms with Crippen LogP contribution < -0.4 is 45.1 Å². The number of hydrogen-bond donors (Lipinski definition) is 0. The first kappa shape index (κ1) is 25.5. The Hall–Kier alpha value is -5.04. The molecule has 4 aliphatic rings. The molecular formula is C37H31BN2O4. The Bertz CT molecular complexity index is 1810. The van der Waals surface area contributed by atoms with Crippen LogP contribution in [0, 0.1) is 6.92 Å². The van der Waals surface area contributed by atoms with Gasteiger partial charge in [0, 0.05) is 47.7 Å². The quantitative estimate of drug-likeness (QED) is 0.221. The zero-order valence-electron chi connectivity index (χ0n) is 24.6. The number of rotatable bonds is 2. The number of aryl methyl sites for hydroxylation is 1. The number of fused-ring (bicyclic) bond motifs is 6. The highest BCUT2D eigenvalue weighted by Crippen LogP contribution is 2.47. The van der Waals surface area contributed by atoms with Gasteiger partial charge >= 0.3 is 0 Å². The Morgan fingerprint density at radius 2 is 0.955 bits per heavy atom. The van der Waals surface area contributed by atoms with Crippen LogP contribution in [0.15, 0.2) is 97.1 Å². The third-order valence-corrected chi connectivity index (χ3v) is 9.01. The van der Waals surface area contributed by atoms with Crippen molar-refractivity contribution in [1.29, 1.82) is 0 Å². The van der Waals surface area contributed by atoms with Crippen molar-refractivity contribution >= 4 is 57.2 Å². The Kier molecular flexibility index (Phi) is 5.80. The summed E-state index contributed by atoms with van der Waals surface area (Å²) in [6.45, 7) is 4.90. The van der Waals surface area contributed by atoms with Crippen molar-refractivity contribution in [1.82, 2.24) is 0 Å². The lowest BCUT2D eigenvalue weighted by atomic mass is 9.33. The Balaban J connectivity index is 1.29. The maximum absolute atomic E-state index is 6.15. The minimum absolute atomic E-state index is 0.0846. The molecule has 0 saturated carbocycles. The third-order valence-electron chi connectivity index (χ3n) is 9.01. The SMILES string of the molecule is Cc1cc2c3c(c1)N(c1ccc4c(c1)OCCCO4)c1ccccc1B3c1ccccc1N2c1ccc2c(c1)OCCCO2. The zero-order chi connectivity index (χ0) is 29.2. The van der Waals surface area contributed by atoms with Crippen LogP contribution in [0.1, 0.15) is 18.4 Å². The summed E-state index contributed by atoms with van der Waals surface area (Å²) in [5.41, 5.74) is 11.8. The molecule has 0 aromatic heterocycles. The lowest BCUT2D eigenvalue weighted by Crippen LogP contribution is -2.61. The van der Waals surface area contributed by atoms with Crippen molar-refractivity contribution in [2.24, 2.45) is 0 Å². The number of para-hydroxylation sites is 2. The summed E-state index contributed by atoms with van der Waals surface area (Å²) in [7, 11) is 0. The molecule has 6 nitrogen and oxygen atoms in total. The predicted molar refractivity (Wildman–Crippen MR) is 176 cm³/mol. The standard InChI is InChI=1S/C37H31BN2O4/c1-24-20-31-37-32(21-24)40(26-13-15-34-36(23-26)44-19-7-17-42-34)30-11-5-3-9-28(30)38(37)27-8-2-4-10-29(27)39(31)25-12-14-33-35(22-25)43-18-6-16-41-33/h2-5,8-15,20-23H,6-7,16-19H2,1H3. The van der Waals surface area contributed by atoms with Crippen molar-refractivity contribution in [2.45, 2.75) is 19.8 Å². The molecule has 0 amide bonds. The largest absolute Gasteiger partial charge is 0.490 e. The van der Waals surface area contributed by atoms with Crippen molar-refractivity contribution in [3.63, 3.8) is 0 Å². The van der Waals surface area contributed by atoms with Gasteiger partial charge in [0.25, 0.3) is 6.71 Å². The van der Waals surface area contributed by atoms with Gasteiger partial charge in [-0.1, -0.05) is 36.4 Å². The molecule has 9 rings (SSSR count). The molecule has 0 spiro atoms. The summed E-state index contributed by atoms with van der Waals surface area (Å²) >= 11 is 0. The number of benzene rings is 5. The maximum atomic E-state index is 6.15. The Morgan fingerprint density at radius 3 is 1.45 bits per heavy atom. The van der Waals surface area contributed by atoms with Crippen molar-refractivity contribution in [3.05, 3.63) is 103 Å². The fraction of sp³-hybridized carbons (Fsp3) is 0.189. The average Bonchev–Trinajstić information content (AvgIpc) is 3.44. The Morgan fingerprint density at radius 1 is 0.500 bits per heavy atom. The topological polar surface area (TPSA) is 43.4 Å². The maximum Gasteiger partial charge on any atom is 0.252 e. The van der Waals surface area contributed by atoms with Crippen molar-refractivity contribution < 1.29 is 18.9 Å². The molecule has 0 aliphatic carbocycles. The summed E-state index contributed by atoms with van der Waals surface area (Å²) in [5.74, 6) is 3.19. The van der Waals surface area contributed by atoms with Crippen LogP contribution in [-0.4, -0.2) is 33.1 Å². The van der Waals surface area contributed by atoms with E-state index in [0.29, 0.717) is 26.4 Å². The highest BCUT2D eigenvalue weighted by molar-refractivity contribution is 7.00. The van der Waals surface area contributed by atoms with E-state index in [0.717, 1.165) is 47.2 Å². The normalized spacial score (nSPS) is 15.9. The molecule has 0 saturated heterocycles. The first-order valence-electron chi connectivity index (χ1n) is 15.5. The van der Waals surface area contributed by atoms with Crippen LogP contribution >= 0.6 is 0 Å².